The molecule has 0 aliphatic heterocycles. The van der Waals surface area contributed by atoms with Gasteiger partial charge in [-0.3, -0.25) is 4.57 Å². The van der Waals surface area contributed by atoms with Gasteiger partial charge in [0.15, 0.2) is 0 Å². The predicted octanol–water partition coefficient (Wildman–Crippen LogP) is 4.30. The first kappa shape index (κ1) is 19.9. The van der Waals surface area contributed by atoms with E-state index in [-0.39, 0.29) is 22.5 Å². The van der Waals surface area contributed by atoms with Gasteiger partial charge in [-0.15, -0.1) is 0 Å². The molecule has 3 rings (SSSR count). The van der Waals surface area contributed by atoms with E-state index in [1.165, 1.54) is 23.3 Å². The van der Waals surface area contributed by atoms with Crippen LogP contribution in [0.2, 0.25) is 5.15 Å². The Kier molecular flexibility index (Phi) is 5.45. The lowest BCUT2D eigenvalue weighted by Gasteiger charge is -2.16. The topological polar surface area (TPSA) is 55.6 Å². The molecule has 0 radical (unpaired) electrons. The number of aromatic nitrogens is 4. The first-order chi connectivity index (χ1) is 13.1. The smallest absolute Gasteiger partial charge is 0.361 e. The predicted molar refractivity (Wildman–Crippen MR) is 87.8 cm³/mol. The molecule has 0 atom stereocenters. The molecule has 0 saturated heterocycles. The maximum Gasteiger partial charge on any atom is 0.405 e. The standard InChI is InChI=1S/C16H10ClF6N5/c17-13-10(5-9-11(19)3-8(18)4-12(9)20)14(25-6-16(21,22)23)27-15(26-13)28-2-1-24-7-28/h1-4,7H,5-6H2,(H,25,26,27). The molecule has 3 aromatic rings. The second-order valence-corrected chi connectivity index (χ2v) is 5.96. The van der Waals surface area contributed by atoms with Gasteiger partial charge in [-0.25, -0.2) is 18.2 Å². The molecular formula is C16H10ClF6N5. The molecule has 0 aliphatic rings. The van der Waals surface area contributed by atoms with E-state index in [1.807, 2.05) is 0 Å². The van der Waals surface area contributed by atoms with Crippen molar-refractivity contribution in [3.05, 3.63) is 64.6 Å². The van der Waals surface area contributed by atoms with E-state index < -0.39 is 42.2 Å². The summed E-state index contributed by atoms with van der Waals surface area (Å²) in [5, 5.41) is 1.73. The Morgan fingerprint density at radius 2 is 1.71 bits per heavy atom. The van der Waals surface area contributed by atoms with E-state index in [9.17, 15) is 26.3 Å². The maximum atomic E-state index is 14.0. The van der Waals surface area contributed by atoms with Crippen molar-refractivity contribution in [2.75, 3.05) is 11.9 Å². The molecule has 28 heavy (non-hydrogen) atoms. The fourth-order valence-corrected chi connectivity index (χ4v) is 2.57. The average molecular weight is 422 g/mol. The van der Waals surface area contributed by atoms with E-state index in [1.54, 1.807) is 0 Å². The number of nitrogens with zero attached hydrogens (tertiary/aromatic N) is 4. The van der Waals surface area contributed by atoms with Crippen molar-refractivity contribution < 1.29 is 26.3 Å². The van der Waals surface area contributed by atoms with Crippen LogP contribution in [0.5, 0.6) is 0 Å². The first-order valence-electron chi connectivity index (χ1n) is 7.63. The molecule has 1 N–H and O–H groups in total. The molecule has 0 saturated carbocycles. The number of hydrogen-bond acceptors (Lipinski definition) is 4. The van der Waals surface area contributed by atoms with Gasteiger partial charge in [0.2, 0.25) is 5.95 Å². The van der Waals surface area contributed by atoms with Crippen LogP contribution in [0, 0.1) is 17.5 Å². The van der Waals surface area contributed by atoms with Gasteiger partial charge in [0, 0.05) is 42.1 Å². The second kappa shape index (κ2) is 7.66. The van der Waals surface area contributed by atoms with E-state index in [4.69, 9.17) is 11.6 Å². The summed E-state index contributed by atoms with van der Waals surface area (Å²) in [6, 6.07) is 0.908. The Morgan fingerprint density at radius 3 is 2.29 bits per heavy atom. The Balaban J connectivity index is 2.06. The van der Waals surface area contributed by atoms with Crippen molar-refractivity contribution in [2.24, 2.45) is 0 Å². The highest BCUT2D eigenvalue weighted by atomic mass is 35.5. The van der Waals surface area contributed by atoms with Gasteiger partial charge in [-0.05, 0) is 0 Å². The lowest BCUT2D eigenvalue weighted by Crippen LogP contribution is -2.23. The number of hydrogen-bond donors (Lipinski definition) is 1. The summed E-state index contributed by atoms with van der Waals surface area (Å²) in [6.45, 7) is -1.47. The zero-order valence-corrected chi connectivity index (χ0v) is 14.5. The van der Waals surface area contributed by atoms with Crippen LogP contribution < -0.4 is 5.32 Å². The molecule has 0 fully saturated rings. The van der Waals surface area contributed by atoms with E-state index >= 15 is 0 Å². The second-order valence-electron chi connectivity index (χ2n) is 5.61. The molecule has 5 nitrogen and oxygen atoms in total. The van der Waals surface area contributed by atoms with Crippen molar-refractivity contribution >= 4 is 17.4 Å². The summed E-state index contributed by atoms with van der Waals surface area (Å²) in [5.74, 6) is -4.03. The molecule has 0 bridgehead atoms. The summed E-state index contributed by atoms with van der Waals surface area (Å²) >= 11 is 6.06. The highest BCUT2D eigenvalue weighted by Crippen LogP contribution is 2.29. The monoisotopic (exact) mass is 421 g/mol. The van der Waals surface area contributed by atoms with Crippen LogP contribution in [0.3, 0.4) is 0 Å². The van der Waals surface area contributed by atoms with Gasteiger partial charge in [-0.1, -0.05) is 11.6 Å². The minimum atomic E-state index is -4.59. The number of nitrogens with one attached hydrogen (secondary N) is 1. The summed E-state index contributed by atoms with van der Waals surface area (Å²) in [7, 11) is 0. The van der Waals surface area contributed by atoms with Crippen LogP contribution in [0.1, 0.15) is 11.1 Å². The normalized spacial score (nSPS) is 11.7. The Bertz CT molecular complexity index is 967. The lowest BCUT2D eigenvalue weighted by atomic mass is 10.1. The van der Waals surface area contributed by atoms with Gasteiger partial charge < -0.3 is 5.32 Å². The zero-order chi connectivity index (χ0) is 20.5. The van der Waals surface area contributed by atoms with Gasteiger partial charge >= 0.3 is 6.18 Å². The van der Waals surface area contributed by atoms with Crippen molar-refractivity contribution in [2.45, 2.75) is 12.6 Å². The number of halogens is 7. The summed E-state index contributed by atoms with van der Waals surface area (Å²) in [4.78, 5) is 11.6. The lowest BCUT2D eigenvalue weighted by molar-refractivity contribution is -0.115. The molecule has 12 heteroatoms. The molecule has 0 amide bonds. The van der Waals surface area contributed by atoms with Crippen molar-refractivity contribution in [3.63, 3.8) is 0 Å². The third kappa shape index (κ3) is 4.53. The molecule has 0 aliphatic carbocycles. The molecular weight excluding hydrogens is 412 g/mol. The van der Waals surface area contributed by atoms with Crippen LogP contribution >= 0.6 is 11.6 Å². The summed E-state index contributed by atoms with van der Waals surface area (Å²) < 4.78 is 80.2. The minimum absolute atomic E-state index is 0.101. The molecule has 2 aromatic heterocycles. The largest absolute Gasteiger partial charge is 0.405 e. The van der Waals surface area contributed by atoms with E-state index in [0.29, 0.717) is 12.1 Å². The number of benzene rings is 1. The van der Waals surface area contributed by atoms with Gasteiger partial charge in [-0.2, -0.15) is 23.1 Å². The van der Waals surface area contributed by atoms with Crippen LogP contribution in [0.25, 0.3) is 5.95 Å². The van der Waals surface area contributed by atoms with Crippen LogP contribution in [-0.2, 0) is 6.42 Å². The maximum absolute atomic E-state index is 14.0. The summed E-state index contributed by atoms with van der Waals surface area (Å²) in [5.41, 5.74) is -0.767. The quantitative estimate of drug-likeness (QED) is 0.493. The van der Waals surface area contributed by atoms with Gasteiger partial charge in [0.25, 0.3) is 0 Å². The van der Waals surface area contributed by atoms with Crippen LogP contribution in [0.4, 0.5) is 32.2 Å². The average Bonchev–Trinajstić information content (AvgIpc) is 3.11. The van der Waals surface area contributed by atoms with Crippen molar-refractivity contribution in [1.29, 1.82) is 0 Å². The molecule has 2 heterocycles. The Morgan fingerprint density at radius 1 is 1.04 bits per heavy atom. The molecule has 148 valence electrons. The molecule has 0 spiro atoms. The van der Waals surface area contributed by atoms with E-state index in [2.05, 4.69) is 20.3 Å². The highest BCUT2D eigenvalue weighted by Gasteiger charge is 2.28. The SMILES string of the molecule is Fc1cc(F)c(Cc2c(Cl)nc(-n3ccnc3)nc2NCC(F)(F)F)c(F)c1. The van der Waals surface area contributed by atoms with Crippen LogP contribution in [0.15, 0.2) is 30.9 Å². The third-order valence-corrected chi connectivity index (χ3v) is 3.91. The first-order valence-corrected chi connectivity index (χ1v) is 8.00. The molecule has 0 unspecified atom stereocenters. The molecule has 1 aromatic carbocycles. The number of imidazole rings is 1. The van der Waals surface area contributed by atoms with Crippen LogP contribution in [-0.4, -0.2) is 32.2 Å². The van der Waals surface area contributed by atoms with Crippen molar-refractivity contribution in [1.82, 2.24) is 19.5 Å². The number of rotatable bonds is 5. The van der Waals surface area contributed by atoms with E-state index in [0.717, 1.165) is 0 Å². The number of alkyl halides is 3. The van der Waals surface area contributed by atoms with Gasteiger partial charge in [0.05, 0.1) is 0 Å². The fraction of sp³-hybridized carbons (Fsp3) is 0.188. The number of anilines is 1. The Hall–Kier alpha value is -2.82. The van der Waals surface area contributed by atoms with Gasteiger partial charge in [0.1, 0.15) is 41.3 Å². The summed E-state index contributed by atoms with van der Waals surface area (Å²) in [6.07, 6.45) is -1.08. The third-order valence-electron chi connectivity index (χ3n) is 3.60. The Labute approximate surface area is 159 Å². The zero-order valence-electron chi connectivity index (χ0n) is 13.7. The minimum Gasteiger partial charge on any atom is -0.361 e. The highest BCUT2D eigenvalue weighted by molar-refractivity contribution is 6.30. The fourth-order valence-electron chi connectivity index (χ4n) is 2.34. The van der Waals surface area contributed by atoms with Crippen molar-refractivity contribution in [3.8, 4) is 5.95 Å².